The Morgan fingerprint density at radius 2 is 1.07 bits per heavy atom. The predicted molar refractivity (Wildman–Crippen MR) is 21.8 cm³/mol. The monoisotopic (exact) mass is 230 g/mol. The average Bonchev–Trinajstić information content (AvgIpc) is 1.94. The Kier molecular flexibility index (Phi) is 3.94. The van der Waals surface area contributed by atoms with Crippen LogP contribution in [0.15, 0.2) is 0 Å². The number of hydrogen-bond donors (Lipinski definition) is 0. The van der Waals surface area contributed by atoms with Crippen molar-refractivity contribution in [3.8, 4) is 0 Å². The molecule has 0 aliphatic rings. The molecular weight excluding hydrogens is 230 g/mol. The Morgan fingerprint density at radius 3 is 1.29 bits per heavy atom. The summed E-state index contributed by atoms with van der Waals surface area (Å²) >= 11 is 0. The molecule has 11 heteroatoms. The van der Waals surface area contributed by atoms with Crippen molar-refractivity contribution in [1.29, 1.82) is 0 Å². The highest BCUT2D eigenvalue weighted by Gasteiger charge is 2.36. The Morgan fingerprint density at radius 1 is 0.786 bits per heavy atom. The van der Waals surface area contributed by atoms with Crippen LogP contribution in [0.5, 0.6) is 0 Å². The molecule has 0 saturated carbocycles. The Bertz CT molecular complexity index is 175. The Hall–Kier alpha value is -1.23. The molecule has 0 bridgehead atoms. The van der Waals surface area contributed by atoms with Gasteiger partial charge >= 0.3 is 18.9 Å². The number of rotatable bonds is 2. The van der Waals surface area contributed by atoms with E-state index in [9.17, 15) is 31.1 Å². The number of alkyl halides is 6. The second-order valence-electron chi connectivity index (χ2n) is 1.47. The maximum absolute atomic E-state index is 11.1. The lowest BCUT2D eigenvalue weighted by Gasteiger charge is -2.06. The van der Waals surface area contributed by atoms with E-state index in [1.54, 1.807) is 0 Å². The molecule has 0 aliphatic carbocycles. The highest BCUT2D eigenvalue weighted by atomic mass is 19.4. The SMILES string of the molecule is O=C(OOC(F)(F)F)OOC(F)(F)F. The molecule has 0 amide bonds. The van der Waals surface area contributed by atoms with Crippen molar-refractivity contribution in [3.05, 3.63) is 0 Å². The summed E-state index contributed by atoms with van der Waals surface area (Å²) < 4.78 is 66.4. The van der Waals surface area contributed by atoms with Crippen LogP contribution in [0.25, 0.3) is 0 Å². The van der Waals surface area contributed by atoms with Gasteiger partial charge < -0.3 is 0 Å². The van der Waals surface area contributed by atoms with Gasteiger partial charge in [-0.2, -0.15) is 4.79 Å². The van der Waals surface area contributed by atoms with Crippen molar-refractivity contribution in [2.75, 3.05) is 0 Å². The molecule has 14 heavy (non-hydrogen) atoms. The maximum atomic E-state index is 11.1. The van der Waals surface area contributed by atoms with Crippen molar-refractivity contribution in [3.63, 3.8) is 0 Å². The lowest BCUT2D eigenvalue weighted by atomic mass is 11.3. The van der Waals surface area contributed by atoms with Crippen LogP contribution in [0.3, 0.4) is 0 Å². The summed E-state index contributed by atoms with van der Waals surface area (Å²) in [7, 11) is 0. The van der Waals surface area contributed by atoms with E-state index in [4.69, 9.17) is 0 Å². The molecule has 0 fully saturated rings. The molecule has 0 atom stereocenters. The molecule has 5 nitrogen and oxygen atoms in total. The van der Waals surface area contributed by atoms with Crippen molar-refractivity contribution >= 4 is 6.16 Å². The van der Waals surface area contributed by atoms with Crippen LogP contribution >= 0.6 is 0 Å². The van der Waals surface area contributed by atoms with Gasteiger partial charge in [0.2, 0.25) is 0 Å². The van der Waals surface area contributed by atoms with Crippen LogP contribution in [0.2, 0.25) is 0 Å². The molecule has 0 aromatic rings. The first-order valence-electron chi connectivity index (χ1n) is 2.49. The second-order valence-corrected chi connectivity index (χ2v) is 1.47. The molecule has 84 valence electrons. The fourth-order valence-corrected chi connectivity index (χ4v) is 0.176. The zero-order chi connectivity index (χ0) is 11.4. The van der Waals surface area contributed by atoms with E-state index in [1.807, 2.05) is 0 Å². The summed E-state index contributed by atoms with van der Waals surface area (Å²) in [6.07, 6.45) is -13.2. The average molecular weight is 230 g/mol. The molecule has 0 spiro atoms. The lowest BCUT2D eigenvalue weighted by Crippen LogP contribution is -2.21. The van der Waals surface area contributed by atoms with E-state index >= 15 is 0 Å². The Labute approximate surface area is 70.9 Å². The fraction of sp³-hybridized carbons (Fsp3) is 0.667. The molecule has 0 unspecified atom stereocenters. The van der Waals surface area contributed by atoms with Gasteiger partial charge in [0.05, 0.1) is 0 Å². The number of hydrogen-bond acceptors (Lipinski definition) is 5. The molecular formula is C3F6O5. The van der Waals surface area contributed by atoms with Gasteiger partial charge in [0.25, 0.3) is 0 Å². The van der Waals surface area contributed by atoms with E-state index in [-0.39, 0.29) is 0 Å². The number of carbonyl (C=O) groups excluding carboxylic acids is 1. The maximum Gasteiger partial charge on any atom is 0.573 e. The molecule has 0 heterocycles. The van der Waals surface area contributed by atoms with E-state index < -0.39 is 18.9 Å². The highest BCUT2D eigenvalue weighted by molar-refractivity contribution is 5.58. The van der Waals surface area contributed by atoms with Crippen LogP contribution in [0.4, 0.5) is 31.1 Å². The summed E-state index contributed by atoms with van der Waals surface area (Å²) in [5.74, 6) is 0. The molecule has 0 N–H and O–H groups in total. The van der Waals surface area contributed by atoms with Crippen molar-refractivity contribution in [2.24, 2.45) is 0 Å². The summed E-state index contributed by atoms with van der Waals surface area (Å²) in [6, 6.07) is 0. The summed E-state index contributed by atoms with van der Waals surface area (Å²) in [6.45, 7) is 0. The lowest BCUT2D eigenvalue weighted by molar-refractivity contribution is -0.497. The molecule has 0 aliphatic heterocycles. The molecule has 0 saturated heterocycles. The quantitative estimate of drug-likeness (QED) is 0.412. The van der Waals surface area contributed by atoms with Crippen LogP contribution in [0, 0.1) is 0 Å². The van der Waals surface area contributed by atoms with Gasteiger partial charge in [-0.3, -0.25) is 0 Å². The third-order valence-electron chi connectivity index (χ3n) is 0.408. The number of halogens is 6. The van der Waals surface area contributed by atoms with Crippen LogP contribution < -0.4 is 0 Å². The summed E-state index contributed by atoms with van der Waals surface area (Å²) in [5, 5.41) is 0. The van der Waals surface area contributed by atoms with Gasteiger partial charge in [-0.15, -0.1) is 26.3 Å². The standard InChI is InChI=1S/C3F6O5/c4-2(5,6)13-11-1(10)12-14-3(7,8)9. The van der Waals surface area contributed by atoms with Crippen molar-refractivity contribution in [2.45, 2.75) is 12.7 Å². The zero-order valence-corrected chi connectivity index (χ0v) is 5.81. The van der Waals surface area contributed by atoms with Gasteiger partial charge in [0, 0.05) is 0 Å². The second kappa shape index (κ2) is 4.32. The molecule has 0 radical (unpaired) electrons. The van der Waals surface area contributed by atoms with Crippen molar-refractivity contribution in [1.82, 2.24) is 0 Å². The topological polar surface area (TPSA) is 54.0 Å². The zero-order valence-electron chi connectivity index (χ0n) is 5.81. The first-order chi connectivity index (χ1) is 6.10. The third kappa shape index (κ3) is 8.86. The normalized spacial score (nSPS) is 12.4. The summed E-state index contributed by atoms with van der Waals surface area (Å²) in [4.78, 5) is 19.9. The summed E-state index contributed by atoms with van der Waals surface area (Å²) in [5.41, 5.74) is 0. The van der Waals surface area contributed by atoms with Gasteiger partial charge in [0.15, 0.2) is 0 Å². The highest BCUT2D eigenvalue weighted by Crippen LogP contribution is 2.19. The first-order valence-corrected chi connectivity index (χ1v) is 2.49. The van der Waals surface area contributed by atoms with Crippen LogP contribution in [-0.4, -0.2) is 18.9 Å². The predicted octanol–water partition coefficient (Wildman–Crippen LogP) is 2.04. The number of carbonyl (C=O) groups is 1. The Balaban J connectivity index is 3.68. The minimum atomic E-state index is -5.35. The smallest absolute Gasteiger partial charge is 0.249 e. The largest absolute Gasteiger partial charge is 0.573 e. The van der Waals surface area contributed by atoms with Gasteiger partial charge in [-0.1, -0.05) is 9.78 Å². The van der Waals surface area contributed by atoms with E-state index in [1.165, 1.54) is 0 Å². The van der Waals surface area contributed by atoms with Gasteiger partial charge in [0.1, 0.15) is 0 Å². The molecule has 0 aromatic carbocycles. The van der Waals surface area contributed by atoms with E-state index in [0.29, 0.717) is 0 Å². The fourth-order valence-electron chi connectivity index (χ4n) is 0.176. The first kappa shape index (κ1) is 12.8. The minimum Gasteiger partial charge on any atom is -0.249 e. The van der Waals surface area contributed by atoms with Gasteiger partial charge in [-0.05, 0) is 0 Å². The van der Waals surface area contributed by atoms with E-state index in [2.05, 4.69) is 19.6 Å². The van der Waals surface area contributed by atoms with Crippen LogP contribution in [-0.2, 0) is 19.6 Å². The molecule has 0 aromatic heterocycles. The minimum absolute atomic E-state index is 2.33. The van der Waals surface area contributed by atoms with E-state index in [0.717, 1.165) is 0 Å². The van der Waals surface area contributed by atoms with Crippen molar-refractivity contribution < 1.29 is 50.7 Å². The van der Waals surface area contributed by atoms with Crippen LogP contribution in [0.1, 0.15) is 0 Å². The third-order valence-corrected chi connectivity index (χ3v) is 0.408. The van der Waals surface area contributed by atoms with Gasteiger partial charge in [-0.25, -0.2) is 9.78 Å². The molecule has 0 rings (SSSR count).